The fourth-order valence-corrected chi connectivity index (χ4v) is 2.34. The van der Waals surface area contributed by atoms with Crippen LogP contribution in [0.1, 0.15) is 22.4 Å². The van der Waals surface area contributed by atoms with Gasteiger partial charge in [-0.05, 0) is 24.1 Å². The highest BCUT2D eigenvalue weighted by atomic mass is 32.1. The van der Waals surface area contributed by atoms with E-state index >= 15 is 0 Å². The van der Waals surface area contributed by atoms with E-state index in [1.807, 2.05) is 6.20 Å². The highest BCUT2D eigenvalue weighted by Crippen LogP contribution is 2.13. The molecule has 2 nitrogen and oxygen atoms in total. The molecule has 17 heavy (non-hydrogen) atoms. The van der Waals surface area contributed by atoms with E-state index in [1.54, 1.807) is 23.5 Å². The summed E-state index contributed by atoms with van der Waals surface area (Å²) in [6.45, 7) is 3.63. The lowest BCUT2D eigenvalue weighted by Gasteiger charge is -2.02. The quantitative estimate of drug-likeness (QED) is 0.882. The number of rotatable bonds is 5. The number of halogens is 1. The van der Waals surface area contributed by atoms with Crippen molar-refractivity contribution in [3.63, 3.8) is 0 Å². The summed E-state index contributed by atoms with van der Waals surface area (Å²) in [7, 11) is 0. The van der Waals surface area contributed by atoms with Crippen molar-refractivity contribution < 1.29 is 4.39 Å². The van der Waals surface area contributed by atoms with Gasteiger partial charge >= 0.3 is 0 Å². The van der Waals surface area contributed by atoms with Gasteiger partial charge in [-0.1, -0.05) is 19.1 Å². The van der Waals surface area contributed by atoms with Crippen LogP contribution in [-0.4, -0.2) is 4.98 Å². The zero-order valence-electron chi connectivity index (χ0n) is 9.74. The first-order chi connectivity index (χ1) is 8.28. The van der Waals surface area contributed by atoms with E-state index in [-0.39, 0.29) is 5.82 Å². The summed E-state index contributed by atoms with van der Waals surface area (Å²) in [6.07, 6.45) is 2.97. The first kappa shape index (κ1) is 12.2. The second-order valence-electron chi connectivity index (χ2n) is 3.80. The molecule has 0 atom stereocenters. The Morgan fingerprint density at radius 2 is 2.00 bits per heavy atom. The third kappa shape index (κ3) is 3.61. The van der Waals surface area contributed by atoms with E-state index in [0.717, 1.165) is 30.1 Å². The van der Waals surface area contributed by atoms with Gasteiger partial charge in [-0.25, -0.2) is 9.37 Å². The second kappa shape index (κ2) is 5.89. The van der Waals surface area contributed by atoms with Gasteiger partial charge in [-0.2, -0.15) is 0 Å². The van der Waals surface area contributed by atoms with Crippen LogP contribution in [0.15, 0.2) is 30.5 Å². The highest BCUT2D eigenvalue weighted by molar-refractivity contribution is 7.11. The number of hydrogen-bond donors (Lipinski definition) is 1. The van der Waals surface area contributed by atoms with Crippen molar-refractivity contribution in [2.24, 2.45) is 0 Å². The molecule has 2 aromatic rings. The van der Waals surface area contributed by atoms with Gasteiger partial charge in [0, 0.05) is 24.2 Å². The summed E-state index contributed by atoms with van der Waals surface area (Å²) in [5, 5.41) is 4.40. The predicted octanol–water partition coefficient (Wildman–Crippen LogP) is 3.13. The molecule has 0 amide bonds. The lowest BCUT2D eigenvalue weighted by atomic mass is 10.2. The molecule has 1 heterocycles. The van der Waals surface area contributed by atoms with Crippen LogP contribution in [0.2, 0.25) is 0 Å². The van der Waals surface area contributed by atoms with Crippen LogP contribution < -0.4 is 5.32 Å². The average Bonchev–Trinajstić information content (AvgIpc) is 2.80. The van der Waals surface area contributed by atoms with E-state index in [9.17, 15) is 4.39 Å². The minimum atomic E-state index is -0.193. The molecular weight excluding hydrogens is 235 g/mol. The summed E-state index contributed by atoms with van der Waals surface area (Å²) < 4.78 is 12.7. The Morgan fingerprint density at radius 1 is 1.24 bits per heavy atom. The third-order valence-corrected chi connectivity index (χ3v) is 3.61. The molecule has 0 aliphatic heterocycles. The molecule has 1 aromatic heterocycles. The van der Waals surface area contributed by atoms with Gasteiger partial charge in [0.25, 0.3) is 0 Å². The molecule has 0 unspecified atom stereocenters. The minimum absolute atomic E-state index is 0.193. The van der Waals surface area contributed by atoms with Crippen LogP contribution in [0.3, 0.4) is 0 Å². The minimum Gasteiger partial charge on any atom is -0.306 e. The number of aryl methyl sites for hydroxylation is 1. The van der Waals surface area contributed by atoms with Crippen LogP contribution in [-0.2, 0) is 19.5 Å². The Labute approximate surface area is 105 Å². The molecule has 0 saturated heterocycles. The van der Waals surface area contributed by atoms with Crippen LogP contribution in [0.25, 0.3) is 0 Å². The van der Waals surface area contributed by atoms with Crippen molar-refractivity contribution in [1.82, 2.24) is 10.3 Å². The topological polar surface area (TPSA) is 24.9 Å². The summed E-state index contributed by atoms with van der Waals surface area (Å²) in [6, 6.07) is 6.55. The molecule has 0 aliphatic rings. The van der Waals surface area contributed by atoms with Gasteiger partial charge in [-0.3, -0.25) is 0 Å². The van der Waals surface area contributed by atoms with Crippen LogP contribution in [0, 0.1) is 5.82 Å². The first-order valence-corrected chi connectivity index (χ1v) is 6.48. The van der Waals surface area contributed by atoms with Crippen molar-refractivity contribution in [3.8, 4) is 0 Å². The molecule has 2 rings (SSSR count). The third-order valence-electron chi connectivity index (χ3n) is 2.47. The lowest BCUT2D eigenvalue weighted by Crippen LogP contribution is -2.12. The molecule has 0 fully saturated rings. The summed E-state index contributed by atoms with van der Waals surface area (Å²) >= 11 is 1.74. The number of hydrogen-bond acceptors (Lipinski definition) is 3. The van der Waals surface area contributed by atoms with E-state index in [1.165, 1.54) is 17.0 Å². The number of benzene rings is 1. The summed E-state index contributed by atoms with van der Waals surface area (Å²) in [5.74, 6) is -0.193. The molecule has 1 aromatic carbocycles. The maximum absolute atomic E-state index is 12.7. The Bertz CT molecular complexity index is 465. The van der Waals surface area contributed by atoms with Crippen molar-refractivity contribution in [2.75, 3.05) is 0 Å². The zero-order chi connectivity index (χ0) is 12.1. The van der Waals surface area contributed by atoms with E-state index < -0.39 is 0 Å². The molecule has 0 bridgehead atoms. The molecule has 90 valence electrons. The SMILES string of the molecule is CCc1cnc(CNCc2ccc(F)cc2)s1. The molecule has 4 heteroatoms. The molecular formula is C13H15FN2S. The number of nitrogens with one attached hydrogen (secondary N) is 1. The standard InChI is InChI=1S/C13H15FN2S/c1-2-12-8-16-13(17-12)9-15-7-10-3-5-11(14)6-4-10/h3-6,8,15H,2,7,9H2,1H3. The van der Waals surface area contributed by atoms with E-state index in [2.05, 4.69) is 17.2 Å². The van der Waals surface area contributed by atoms with Crippen molar-refractivity contribution >= 4 is 11.3 Å². The van der Waals surface area contributed by atoms with Crippen LogP contribution >= 0.6 is 11.3 Å². The number of thiazole rings is 1. The number of aromatic nitrogens is 1. The average molecular weight is 250 g/mol. The van der Waals surface area contributed by atoms with Gasteiger partial charge in [-0.15, -0.1) is 11.3 Å². The van der Waals surface area contributed by atoms with Crippen molar-refractivity contribution in [2.45, 2.75) is 26.4 Å². The van der Waals surface area contributed by atoms with Crippen LogP contribution in [0.5, 0.6) is 0 Å². The molecule has 0 radical (unpaired) electrons. The maximum atomic E-state index is 12.7. The van der Waals surface area contributed by atoms with Crippen molar-refractivity contribution in [1.29, 1.82) is 0 Å². The maximum Gasteiger partial charge on any atom is 0.123 e. The largest absolute Gasteiger partial charge is 0.306 e. The van der Waals surface area contributed by atoms with Gasteiger partial charge in [0.1, 0.15) is 10.8 Å². The molecule has 0 spiro atoms. The second-order valence-corrected chi connectivity index (χ2v) is 5.00. The Balaban J connectivity index is 1.81. The zero-order valence-corrected chi connectivity index (χ0v) is 10.6. The van der Waals surface area contributed by atoms with Crippen molar-refractivity contribution in [3.05, 3.63) is 51.7 Å². The van der Waals surface area contributed by atoms with Gasteiger partial charge in [0.05, 0.1) is 0 Å². The smallest absolute Gasteiger partial charge is 0.123 e. The molecule has 1 N–H and O–H groups in total. The van der Waals surface area contributed by atoms with Gasteiger partial charge < -0.3 is 5.32 Å². The van der Waals surface area contributed by atoms with E-state index in [0.29, 0.717) is 0 Å². The highest BCUT2D eigenvalue weighted by Gasteiger charge is 2.00. The lowest BCUT2D eigenvalue weighted by molar-refractivity contribution is 0.625. The summed E-state index contributed by atoms with van der Waals surface area (Å²) in [5.41, 5.74) is 1.08. The Kier molecular flexibility index (Phi) is 4.23. The van der Waals surface area contributed by atoms with E-state index in [4.69, 9.17) is 0 Å². The van der Waals surface area contributed by atoms with Gasteiger partial charge in [0.2, 0.25) is 0 Å². The predicted molar refractivity (Wildman–Crippen MR) is 68.4 cm³/mol. The fraction of sp³-hybridized carbons (Fsp3) is 0.308. The first-order valence-electron chi connectivity index (χ1n) is 5.66. The number of nitrogens with zero attached hydrogens (tertiary/aromatic N) is 1. The normalized spacial score (nSPS) is 10.7. The monoisotopic (exact) mass is 250 g/mol. The van der Waals surface area contributed by atoms with Gasteiger partial charge in [0.15, 0.2) is 0 Å². The Morgan fingerprint density at radius 3 is 2.65 bits per heavy atom. The summed E-state index contributed by atoms with van der Waals surface area (Å²) in [4.78, 5) is 5.64. The molecule has 0 aliphatic carbocycles. The van der Waals surface area contributed by atoms with Crippen LogP contribution in [0.4, 0.5) is 4.39 Å². The Hall–Kier alpha value is -1.26. The fourth-order valence-electron chi connectivity index (χ4n) is 1.51. The molecule has 0 saturated carbocycles.